The first kappa shape index (κ1) is 11.8. The third kappa shape index (κ3) is 2.90. The van der Waals surface area contributed by atoms with Crippen molar-refractivity contribution in [1.29, 1.82) is 5.26 Å². The first-order valence-electron chi connectivity index (χ1n) is 4.62. The summed E-state index contributed by atoms with van der Waals surface area (Å²) in [6.07, 6.45) is 1.43. The Hall–Kier alpha value is -1.71. The van der Waals surface area contributed by atoms with Crippen LogP contribution in [0.5, 0.6) is 0 Å². The third-order valence-corrected chi connectivity index (χ3v) is 3.23. The molecule has 0 atom stereocenters. The second-order valence-electron chi connectivity index (χ2n) is 3.11. The highest BCUT2D eigenvalue weighted by Crippen LogP contribution is 2.18. The Morgan fingerprint density at radius 1 is 1.53 bits per heavy atom. The van der Waals surface area contributed by atoms with Gasteiger partial charge in [-0.1, -0.05) is 33.3 Å². The summed E-state index contributed by atoms with van der Waals surface area (Å²) in [5, 5.41) is 11.7. The number of nitrogens with zero attached hydrogens (tertiary/aromatic N) is 2. The number of hydrogen-bond acceptors (Lipinski definition) is 4. The third-order valence-electron chi connectivity index (χ3n) is 1.92. The van der Waals surface area contributed by atoms with E-state index < -0.39 is 0 Å². The lowest BCUT2D eigenvalue weighted by Crippen LogP contribution is -2.11. The van der Waals surface area contributed by atoms with E-state index in [0.717, 1.165) is 15.8 Å². The van der Waals surface area contributed by atoms with Crippen LogP contribution >= 0.6 is 27.3 Å². The smallest absolute Gasteiger partial charge is 0.257 e. The fourth-order valence-electron chi connectivity index (χ4n) is 1.18. The molecule has 0 fully saturated rings. The molecule has 1 N–H and O–H groups in total. The number of benzene rings is 1. The highest BCUT2D eigenvalue weighted by Gasteiger charge is 2.08. The van der Waals surface area contributed by atoms with Crippen LogP contribution in [0.25, 0.3) is 0 Å². The van der Waals surface area contributed by atoms with E-state index in [9.17, 15) is 4.79 Å². The zero-order chi connectivity index (χ0) is 12.3. The Labute approximate surface area is 110 Å². The van der Waals surface area contributed by atoms with Gasteiger partial charge in [0.15, 0.2) is 5.13 Å². The van der Waals surface area contributed by atoms with Gasteiger partial charge in [-0.25, -0.2) is 4.98 Å². The first-order chi connectivity index (χ1) is 8.19. The molecule has 2 aromatic rings. The quantitative estimate of drug-likeness (QED) is 0.927. The van der Waals surface area contributed by atoms with Gasteiger partial charge in [0.1, 0.15) is 10.9 Å². The molecule has 0 saturated carbocycles. The Morgan fingerprint density at radius 2 is 2.35 bits per heavy atom. The monoisotopic (exact) mass is 307 g/mol. The summed E-state index contributed by atoms with van der Waals surface area (Å²) in [6.45, 7) is 0. The van der Waals surface area contributed by atoms with Crippen LogP contribution in [0.3, 0.4) is 0 Å². The number of carbonyl (C=O) groups is 1. The van der Waals surface area contributed by atoms with Gasteiger partial charge in [-0.3, -0.25) is 10.1 Å². The minimum atomic E-state index is -0.245. The second-order valence-corrected chi connectivity index (χ2v) is 5.05. The molecular formula is C11H6BrN3OS. The highest BCUT2D eigenvalue weighted by atomic mass is 79.9. The number of halogens is 1. The Bertz CT molecular complexity index is 603. The van der Waals surface area contributed by atoms with Gasteiger partial charge in [0.2, 0.25) is 0 Å². The molecule has 6 heteroatoms. The zero-order valence-corrected chi connectivity index (χ0v) is 10.9. The lowest BCUT2D eigenvalue weighted by molar-refractivity contribution is 0.102. The van der Waals surface area contributed by atoms with Crippen LogP contribution in [-0.4, -0.2) is 10.9 Å². The number of hydrogen-bond donors (Lipinski definition) is 1. The SMILES string of the molecule is N#Cc1cnc(NC(=O)c2cccc(Br)c2)s1. The molecule has 1 amide bonds. The van der Waals surface area contributed by atoms with Gasteiger partial charge < -0.3 is 0 Å². The van der Waals surface area contributed by atoms with E-state index in [4.69, 9.17) is 5.26 Å². The molecule has 0 bridgehead atoms. The van der Waals surface area contributed by atoms with Gasteiger partial charge in [0.25, 0.3) is 5.91 Å². The van der Waals surface area contributed by atoms with Gasteiger partial charge in [0.05, 0.1) is 6.20 Å². The fraction of sp³-hybridized carbons (Fsp3) is 0. The molecule has 84 valence electrons. The zero-order valence-electron chi connectivity index (χ0n) is 8.48. The topological polar surface area (TPSA) is 65.8 Å². The molecule has 1 aromatic carbocycles. The van der Waals surface area contributed by atoms with Crippen LogP contribution in [0, 0.1) is 11.3 Å². The first-order valence-corrected chi connectivity index (χ1v) is 6.23. The average Bonchev–Trinajstić information content (AvgIpc) is 2.77. The molecule has 4 nitrogen and oxygen atoms in total. The van der Waals surface area contributed by atoms with Crippen LogP contribution < -0.4 is 5.32 Å². The minimum Gasteiger partial charge on any atom is -0.298 e. The summed E-state index contributed by atoms with van der Waals surface area (Å²) < 4.78 is 0.835. The lowest BCUT2D eigenvalue weighted by Gasteiger charge is -2.01. The predicted octanol–water partition coefficient (Wildman–Crippen LogP) is 3.03. The molecule has 17 heavy (non-hydrogen) atoms. The fourth-order valence-corrected chi connectivity index (χ4v) is 2.19. The average molecular weight is 308 g/mol. The minimum absolute atomic E-state index is 0.245. The molecule has 0 aliphatic heterocycles. The van der Waals surface area contributed by atoms with Crippen LogP contribution in [0.2, 0.25) is 0 Å². The van der Waals surface area contributed by atoms with Gasteiger partial charge >= 0.3 is 0 Å². The van der Waals surface area contributed by atoms with Crippen LogP contribution in [0.15, 0.2) is 34.9 Å². The Balaban J connectivity index is 2.14. The van der Waals surface area contributed by atoms with Crippen molar-refractivity contribution in [2.45, 2.75) is 0 Å². The normalized spacial score (nSPS) is 9.65. The predicted molar refractivity (Wildman–Crippen MR) is 68.9 cm³/mol. The number of anilines is 1. The van der Waals surface area contributed by atoms with Crippen molar-refractivity contribution in [3.63, 3.8) is 0 Å². The highest BCUT2D eigenvalue weighted by molar-refractivity contribution is 9.10. The molecule has 2 rings (SSSR count). The summed E-state index contributed by atoms with van der Waals surface area (Å²) >= 11 is 4.44. The number of aromatic nitrogens is 1. The number of amides is 1. The summed E-state index contributed by atoms with van der Waals surface area (Å²) in [5.41, 5.74) is 0.535. The molecule has 0 radical (unpaired) electrons. The lowest BCUT2D eigenvalue weighted by atomic mass is 10.2. The van der Waals surface area contributed by atoms with Crippen molar-refractivity contribution < 1.29 is 4.79 Å². The summed E-state index contributed by atoms with van der Waals surface area (Å²) in [6, 6.07) is 9.01. The largest absolute Gasteiger partial charge is 0.298 e. The Kier molecular flexibility index (Phi) is 3.52. The maximum atomic E-state index is 11.8. The molecule has 0 unspecified atom stereocenters. The van der Waals surface area contributed by atoms with Crippen molar-refractivity contribution >= 4 is 38.3 Å². The van der Waals surface area contributed by atoms with Crippen molar-refractivity contribution in [1.82, 2.24) is 4.98 Å². The maximum absolute atomic E-state index is 11.8. The molecule has 0 saturated heterocycles. The molecular weight excluding hydrogens is 302 g/mol. The number of nitriles is 1. The summed E-state index contributed by atoms with van der Waals surface area (Å²) in [4.78, 5) is 16.2. The van der Waals surface area contributed by atoms with E-state index in [1.165, 1.54) is 6.20 Å². The number of nitrogens with one attached hydrogen (secondary N) is 1. The number of carbonyl (C=O) groups excluding carboxylic acids is 1. The van der Waals surface area contributed by atoms with E-state index in [-0.39, 0.29) is 5.91 Å². The maximum Gasteiger partial charge on any atom is 0.257 e. The van der Waals surface area contributed by atoms with Crippen LogP contribution in [-0.2, 0) is 0 Å². The van der Waals surface area contributed by atoms with E-state index >= 15 is 0 Å². The van der Waals surface area contributed by atoms with Gasteiger partial charge in [-0.2, -0.15) is 5.26 Å². The summed E-state index contributed by atoms with van der Waals surface area (Å²) in [7, 11) is 0. The van der Waals surface area contributed by atoms with Crippen LogP contribution in [0.1, 0.15) is 15.2 Å². The van der Waals surface area contributed by atoms with E-state index in [0.29, 0.717) is 15.6 Å². The molecule has 1 aromatic heterocycles. The van der Waals surface area contributed by atoms with Crippen molar-refractivity contribution in [3.8, 4) is 6.07 Å². The molecule has 0 aliphatic rings. The van der Waals surface area contributed by atoms with Gasteiger partial charge in [-0.05, 0) is 18.2 Å². The van der Waals surface area contributed by atoms with Crippen molar-refractivity contribution in [2.75, 3.05) is 5.32 Å². The van der Waals surface area contributed by atoms with Gasteiger partial charge in [0, 0.05) is 10.0 Å². The molecule has 0 spiro atoms. The number of thiazole rings is 1. The van der Waals surface area contributed by atoms with Crippen LogP contribution in [0.4, 0.5) is 5.13 Å². The van der Waals surface area contributed by atoms with Gasteiger partial charge in [-0.15, -0.1) is 0 Å². The van der Waals surface area contributed by atoms with Crippen molar-refractivity contribution in [2.24, 2.45) is 0 Å². The number of rotatable bonds is 2. The second kappa shape index (κ2) is 5.08. The van der Waals surface area contributed by atoms with E-state index in [1.807, 2.05) is 12.1 Å². The Morgan fingerprint density at radius 3 is 3.00 bits per heavy atom. The van der Waals surface area contributed by atoms with E-state index in [2.05, 4.69) is 26.2 Å². The standard InChI is InChI=1S/C11H6BrN3OS/c12-8-3-1-2-7(4-8)10(16)15-11-14-6-9(5-13)17-11/h1-4,6H,(H,14,15,16). The summed E-state index contributed by atoms with van der Waals surface area (Å²) in [5.74, 6) is -0.245. The molecule has 0 aliphatic carbocycles. The van der Waals surface area contributed by atoms with Crippen molar-refractivity contribution in [3.05, 3.63) is 45.4 Å². The van der Waals surface area contributed by atoms with E-state index in [1.54, 1.807) is 18.2 Å². The molecule has 1 heterocycles.